The molecule has 0 saturated heterocycles. The van der Waals surface area contributed by atoms with Crippen LogP contribution in [0.1, 0.15) is 32.2 Å². The number of hydrogen-bond donors (Lipinski definition) is 1. The fourth-order valence-electron chi connectivity index (χ4n) is 6.64. The Bertz CT molecular complexity index is 2640. The van der Waals surface area contributed by atoms with Crippen LogP contribution in [0.5, 0.6) is 5.75 Å². The minimum atomic E-state index is -0.948. The fraction of sp³-hybridized carbons (Fsp3) is 0.0652. The number of aromatic nitrogens is 3. The molecule has 254 valence electrons. The summed E-state index contributed by atoms with van der Waals surface area (Å²) in [4.78, 5) is 9.92. The number of hydrogen-bond acceptors (Lipinski definition) is 4. The zero-order valence-electron chi connectivity index (χ0n) is 29.5. The predicted molar refractivity (Wildman–Crippen MR) is 205 cm³/mol. The second-order valence-corrected chi connectivity index (χ2v) is 12.6. The van der Waals surface area contributed by atoms with Crippen molar-refractivity contribution in [3.8, 4) is 73.5 Å². The number of benzene rings is 6. The molecule has 8 rings (SSSR count). The van der Waals surface area contributed by atoms with Crippen LogP contribution in [0.15, 0.2) is 152 Å². The Morgan fingerprint density at radius 1 is 0.712 bits per heavy atom. The van der Waals surface area contributed by atoms with E-state index >= 15 is 0 Å². The first kappa shape index (κ1) is 33.1. The molecule has 6 heteroatoms. The number of phenols is 1. The Balaban J connectivity index is 0.00000435. The molecule has 0 bridgehead atoms. The SMILES string of the molecule is [2H]C(C)(C)c1cc(-c2ncccc2C#N)[c-]c(-c2cccc3c2nc(-c2cc(-c4ccccc4)ccc2O)n3-c2ccccc2-c2ccccc2)c1.[Pt]. The third-order valence-corrected chi connectivity index (χ3v) is 9.18. The van der Waals surface area contributed by atoms with E-state index in [4.69, 9.17) is 6.35 Å². The van der Waals surface area contributed by atoms with Crippen molar-refractivity contribution in [2.24, 2.45) is 0 Å². The van der Waals surface area contributed by atoms with E-state index in [-0.39, 0.29) is 26.8 Å². The number of pyridine rings is 1. The molecule has 0 radical (unpaired) electrons. The Morgan fingerprint density at radius 2 is 1.40 bits per heavy atom. The molecule has 2 aromatic heterocycles. The maximum absolute atomic E-state index is 11.5. The maximum atomic E-state index is 11.5. The summed E-state index contributed by atoms with van der Waals surface area (Å²) in [6, 6.07) is 53.4. The molecular formula is C46H33N4OPt-. The summed E-state index contributed by atoms with van der Waals surface area (Å²) in [7, 11) is 0. The minimum absolute atomic E-state index is 0. The number of aromatic hydroxyl groups is 1. The number of rotatable bonds is 7. The summed E-state index contributed by atoms with van der Waals surface area (Å²) in [5.74, 6) is -0.257. The van der Waals surface area contributed by atoms with Gasteiger partial charge in [0, 0.05) is 45.5 Å². The molecule has 0 atom stereocenters. The number of fused-ring (bicyclic) bond motifs is 1. The van der Waals surface area contributed by atoms with E-state index in [0.717, 1.165) is 50.1 Å². The van der Waals surface area contributed by atoms with Gasteiger partial charge in [-0.15, -0.1) is 29.3 Å². The van der Waals surface area contributed by atoms with Crippen LogP contribution in [0, 0.1) is 17.4 Å². The summed E-state index contributed by atoms with van der Waals surface area (Å²) in [5.41, 5.74) is 10.9. The third kappa shape index (κ3) is 6.34. The molecule has 0 spiro atoms. The average molecular weight is 854 g/mol. The van der Waals surface area contributed by atoms with Crippen molar-refractivity contribution in [3.63, 3.8) is 0 Å². The Kier molecular flexibility index (Phi) is 9.32. The van der Waals surface area contributed by atoms with Crippen LogP contribution < -0.4 is 0 Å². The molecule has 0 aliphatic heterocycles. The third-order valence-electron chi connectivity index (χ3n) is 9.18. The van der Waals surface area contributed by atoms with Crippen molar-refractivity contribution in [1.29, 1.82) is 5.26 Å². The quantitative estimate of drug-likeness (QED) is 0.162. The van der Waals surface area contributed by atoms with Crippen LogP contribution in [0.25, 0.3) is 72.7 Å². The van der Waals surface area contributed by atoms with Gasteiger partial charge in [-0.05, 0) is 59.0 Å². The molecule has 2 heterocycles. The normalized spacial score (nSPS) is 11.4. The van der Waals surface area contributed by atoms with Crippen LogP contribution in [0.3, 0.4) is 0 Å². The standard InChI is InChI=1S/C46H33N4O.Pt/c1-30(2)35-25-36(27-37(26-35)44-34(29-47)17-12-24-48-44)39-19-11-21-42-45(39)49-46(40-28-33(22-23-43(40)51)31-13-5-3-6-14-31)50(42)41-20-10-9-18-38(41)32-15-7-4-8-16-32;/h3-26,28,30,51H,1-2H3;/q-1;/i30D;. The van der Waals surface area contributed by atoms with Crippen molar-refractivity contribution in [2.75, 3.05) is 0 Å². The van der Waals surface area contributed by atoms with Crippen LogP contribution in [0.2, 0.25) is 0 Å². The molecule has 0 aliphatic rings. The van der Waals surface area contributed by atoms with Gasteiger partial charge in [-0.2, -0.15) is 5.26 Å². The zero-order valence-corrected chi connectivity index (χ0v) is 30.8. The van der Waals surface area contributed by atoms with Gasteiger partial charge in [-0.3, -0.25) is 9.55 Å². The number of nitrogens with zero attached hydrogens (tertiary/aromatic N) is 4. The van der Waals surface area contributed by atoms with Gasteiger partial charge in [-0.25, -0.2) is 4.98 Å². The van der Waals surface area contributed by atoms with E-state index in [2.05, 4.69) is 58.1 Å². The van der Waals surface area contributed by atoms with Crippen LogP contribution in [-0.2, 0) is 21.1 Å². The number of imidazole rings is 1. The fourth-order valence-corrected chi connectivity index (χ4v) is 6.64. The topological polar surface area (TPSA) is 74.7 Å². The van der Waals surface area contributed by atoms with Crippen molar-refractivity contribution < 1.29 is 27.5 Å². The Morgan fingerprint density at radius 3 is 2.15 bits per heavy atom. The van der Waals surface area contributed by atoms with Gasteiger partial charge >= 0.3 is 0 Å². The second kappa shape index (κ2) is 14.6. The summed E-state index contributed by atoms with van der Waals surface area (Å²) >= 11 is 0. The van der Waals surface area contributed by atoms with E-state index in [1.165, 1.54) is 0 Å². The van der Waals surface area contributed by atoms with E-state index in [1.54, 1.807) is 24.4 Å². The van der Waals surface area contributed by atoms with Gasteiger partial charge in [0.2, 0.25) is 0 Å². The summed E-state index contributed by atoms with van der Waals surface area (Å²) < 4.78 is 11.1. The number of nitriles is 1. The van der Waals surface area contributed by atoms with E-state index in [1.807, 2.05) is 105 Å². The van der Waals surface area contributed by atoms with Gasteiger partial charge in [-0.1, -0.05) is 122 Å². The first-order chi connectivity index (χ1) is 25.3. The van der Waals surface area contributed by atoms with Crippen molar-refractivity contribution in [1.82, 2.24) is 14.5 Å². The van der Waals surface area contributed by atoms with Crippen LogP contribution >= 0.6 is 0 Å². The monoisotopic (exact) mass is 853 g/mol. The largest absolute Gasteiger partial charge is 0.507 e. The zero-order chi connectivity index (χ0) is 35.8. The van der Waals surface area contributed by atoms with Crippen molar-refractivity contribution in [3.05, 3.63) is 169 Å². The van der Waals surface area contributed by atoms with Crippen LogP contribution in [-0.4, -0.2) is 19.6 Å². The molecule has 52 heavy (non-hydrogen) atoms. The summed E-state index contributed by atoms with van der Waals surface area (Å²) in [5, 5.41) is 21.5. The average Bonchev–Trinajstić information content (AvgIpc) is 3.57. The molecule has 0 saturated carbocycles. The van der Waals surface area contributed by atoms with Crippen LogP contribution in [0.4, 0.5) is 0 Å². The smallest absolute Gasteiger partial charge is 0.148 e. The Labute approximate surface area is 319 Å². The molecule has 8 aromatic rings. The summed E-state index contributed by atoms with van der Waals surface area (Å²) in [6.07, 6.45) is 1.66. The molecule has 1 N–H and O–H groups in total. The molecule has 0 amide bonds. The first-order valence-corrected chi connectivity index (χ1v) is 16.8. The van der Waals surface area contributed by atoms with Crippen molar-refractivity contribution in [2.45, 2.75) is 19.7 Å². The summed E-state index contributed by atoms with van der Waals surface area (Å²) in [6.45, 7) is 3.69. The second-order valence-electron chi connectivity index (χ2n) is 12.6. The van der Waals surface area contributed by atoms with Gasteiger partial charge in [0.05, 0.1) is 28.4 Å². The molecule has 0 fully saturated rings. The van der Waals surface area contributed by atoms with Gasteiger partial charge in [0.1, 0.15) is 11.6 Å². The van der Waals surface area contributed by atoms with E-state index in [9.17, 15) is 10.4 Å². The molecule has 6 aromatic carbocycles. The van der Waals surface area contributed by atoms with Gasteiger partial charge < -0.3 is 5.11 Å². The van der Waals surface area contributed by atoms with E-state index in [0.29, 0.717) is 33.7 Å². The molecule has 0 aliphatic carbocycles. The Hall–Kier alpha value is -6.08. The van der Waals surface area contributed by atoms with Gasteiger partial charge in [0.15, 0.2) is 0 Å². The first-order valence-electron chi connectivity index (χ1n) is 17.3. The number of phenolic OH excluding ortho intramolecular Hbond substituents is 1. The van der Waals surface area contributed by atoms with Crippen molar-refractivity contribution >= 4 is 11.0 Å². The minimum Gasteiger partial charge on any atom is -0.507 e. The van der Waals surface area contributed by atoms with E-state index < -0.39 is 5.89 Å². The molecule has 0 unspecified atom stereocenters. The maximum Gasteiger partial charge on any atom is 0.148 e. The predicted octanol–water partition coefficient (Wildman–Crippen LogP) is 11.3. The molecule has 5 nitrogen and oxygen atoms in total. The van der Waals surface area contributed by atoms with Gasteiger partial charge in [0.25, 0.3) is 0 Å². The molecular weight excluding hydrogens is 820 g/mol. The number of para-hydroxylation sites is 2.